The van der Waals surface area contributed by atoms with Gasteiger partial charge in [0.1, 0.15) is 0 Å². The molecule has 0 heterocycles. The fourth-order valence-corrected chi connectivity index (χ4v) is 4.84. The van der Waals surface area contributed by atoms with Gasteiger partial charge in [0.15, 0.2) is 0 Å². The molecular weight excluding hydrogens is 300 g/mol. The van der Waals surface area contributed by atoms with Gasteiger partial charge in [0.2, 0.25) is 0 Å². The first kappa shape index (κ1) is 18.7. The zero-order valence-electron chi connectivity index (χ0n) is 16.6. The van der Waals surface area contributed by atoms with Gasteiger partial charge in [0, 0.05) is 0 Å². The van der Waals surface area contributed by atoms with Crippen LogP contribution in [0.5, 0.6) is 0 Å². The van der Waals surface area contributed by atoms with Crippen molar-refractivity contribution in [2.75, 3.05) is 0 Å². The summed E-state index contributed by atoms with van der Waals surface area (Å²) in [5.74, 6) is 2.71. The van der Waals surface area contributed by atoms with Crippen molar-refractivity contribution in [3.8, 4) is 0 Å². The summed E-state index contributed by atoms with van der Waals surface area (Å²) in [4.78, 5) is 0. The van der Waals surface area contributed by atoms with Crippen molar-refractivity contribution in [3.63, 3.8) is 0 Å². The van der Waals surface area contributed by atoms with Gasteiger partial charge in [0.25, 0.3) is 0 Å². The SMILES string of the molecule is CCCCCC[C@H]1CC[C@H](c2ccc(C3=CCC(C)CC3)cc2)CC1. The second kappa shape index (κ2) is 9.60. The molecule has 0 spiro atoms. The minimum absolute atomic E-state index is 0.821. The maximum Gasteiger partial charge on any atom is -0.0162 e. The van der Waals surface area contributed by atoms with Crippen LogP contribution in [0.3, 0.4) is 0 Å². The van der Waals surface area contributed by atoms with Crippen LogP contribution in [0.4, 0.5) is 0 Å². The first-order chi connectivity index (χ1) is 12.3. The first-order valence-electron chi connectivity index (χ1n) is 11.1. The van der Waals surface area contributed by atoms with E-state index < -0.39 is 0 Å². The van der Waals surface area contributed by atoms with Gasteiger partial charge in [-0.05, 0) is 79.4 Å². The summed E-state index contributed by atoms with van der Waals surface area (Å²) in [7, 11) is 0. The number of allylic oxidation sites excluding steroid dienone is 2. The number of hydrogen-bond donors (Lipinski definition) is 0. The molecule has 0 aliphatic heterocycles. The molecule has 1 atom stereocenters. The molecule has 1 unspecified atom stereocenters. The molecule has 1 fully saturated rings. The van der Waals surface area contributed by atoms with E-state index in [1.54, 1.807) is 11.1 Å². The molecule has 138 valence electrons. The molecule has 25 heavy (non-hydrogen) atoms. The van der Waals surface area contributed by atoms with Crippen molar-refractivity contribution < 1.29 is 0 Å². The van der Waals surface area contributed by atoms with Gasteiger partial charge in [-0.25, -0.2) is 0 Å². The summed E-state index contributed by atoms with van der Waals surface area (Å²) in [6, 6.07) is 9.66. The van der Waals surface area contributed by atoms with Crippen molar-refractivity contribution in [1.29, 1.82) is 0 Å². The van der Waals surface area contributed by atoms with Gasteiger partial charge >= 0.3 is 0 Å². The minimum atomic E-state index is 0.821. The van der Waals surface area contributed by atoms with Crippen LogP contribution < -0.4 is 0 Å². The van der Waals surface area contributed by atoms with Crippen LogP contribution >= 0.6 is 0 Å². The zero-order valence-corrected chi connectivity index (χ0v) is 16.6. The number of benzene rings is 1. The largest absolute Gasteiger partial charge is 0.0805 e. The lowest BCUT2D eigenvalue weighted by molar-refractivity contribution is 0.302. The summed E-state index contributed by atoms with van der Waals surface area (Å²) < 4.78 is 0. The smallest absolute Gasteiger partial charge is 0.0162 e. The lowest BCUT2D eigenvalue weighted by atomic mass is 9.76. The molecule has 0 radical (unpaired) electrons. The van der Waals surface area contributed by atoms with Crippen molar-refractivity contribution in [3.05, 3.63) is 41.5 Å². The second-order valence-corrected chi connectivity index (χ2v) is 8.80. The van der Waals surface area contributed by atoms with E-state index in [1.165, 1.54) is 82.6 Å². The number of hydrogen-bond acceptors (Lipinski definition) is 0. The molecule has 1 aromatic carbocycles. The lowest BCUT2D eigenvalue weighted by Gasteiger charge is -2.29. The third-order valence-electron chi connectivity index (χ3n) is 6.74. The highest BCUT2D eigenvalue weighted by molar-refractivity contribution is 5.66. The predicted molar refractivity (Wildman–Crippen MR) is 111 cm³/mol. The van der Waals surface area contributed by atoms with E-state index in [9.17, 15) is 0 Å². The Labute approximate surface area is 156 Å². The predicted octanol–water partition coefficient (Wildman–Crippen LogP) is 8.13. The van der Waals surface area contributed by atoms with Gasteiger partial charge in [0.05, 0.1) is 0 Å². The lowest BCUT2D eigenvalue weighted by Crippen LogP contribution is -2.13. The maximum absolute atomic E-state index is 2.48. The van der Waals surface area contributed by atoms with Crippen molar-refractivity contribution in [2.24, 2.45) is 11.8 Å². The van der Waals surface area contributed by atoms with Crippen molar-refractivity contribution in [1.82, 2.24) is 0 Å². The van der Waals surface area contributed by atoms with Crippen LogP contribution in [0.1, 0.15) is 108 Å². The molecule has 0 saturated heterocycles. The molecule has 1 saturated carbocycles. The minimum Gasteiger partial charge on any atom is -0.0805 e. The van der Waals surface area contributed by atoms with E-state index in [0.29, 0.717) is 0 Å². The normalized spacial score (nSPS) is 27.1. The Balaban J connectivity index is 1.47. The number of rotatable bonds is 7. The van der Waals surface area contributed by atoms with Crippen LogP contribution in [0.2, 0.25) is 0 Å². The van der Waals surface area contributed by atoms with E-state index in [-0.39, 0.29) is 0 Å². The zero-order chi connectivity index (χ0) is 17.5. The molecular formula is C25H38. The topological polar surface area (TPSA) is 0 Å². The summed E-state index contributed by atoms with van der Waals surface area (Å²) in [5.41, 5.74) is 4.65. The van der Waals surface area contributed by atoms with E-state index in [0.717, 1.165) is 17.8 Å². The highest BCUT2D eigenvalue weighted by Crippen LogP contribution is 2.38. The van der Waals surface area contributed by atoms with Crippen LogP contribution in [0.25, 0.3) is 5.57 Å². The summed E-state index contributed by atoms with van der Waals surface area (Å²) >= 11 is 0. The molecule has 3 rings (SSSR count). The fourth-order valence-electron chi connectivity index (χ4n) is 4.84. The average Bonchev–Trinajstić information content (AvgIpc) is 2.67. The monoisotopic (exact) mass is 338 g/mol. The molecule has 0 N–H and O–H groups in total. The summed E-state index contributed by atoms with van der Waals surface area (Å²) in [5, 5.41) is 0. The molecule has 0 heteroatoms. The Kier molecular flexibility index (Phi) is 7.20. The molecule has 0 nitrogen and oxygen atoms in total. The molecule has 0 bridgehead atoms. The van der Waals surface area contributed by atoms with Crippen LogP contribution in [-0.4, -0.2) is 0 Å². The average molecular weight is 339 g/mol. The Bertz CT molecular complexity index is 528. The van der Waals surface area contributed by atoms with Gasteiger partial charge in [-0.3, -0.25) is 0 Å². The molecule has 0 amide bonds. The Morgan fingerprint density at radius 1 is 0.880 bits per heavy atom. The molecule has 0 aromatic heterocycles. The van der Waals surface area contributed by atoms with E-state index >= 15 is 0 Å². The molecule has 2 aliphatic rings. The van der Waals surface area contributed by atoms with Crippen LogP contribution in [0, 0.1) is 11.8 Å². The van der Waals surface area contributed by atoms with Gasteiger partial charge in [-0.1, -0.05) is 76.3 Å². The highest BCUT2D eigenvalue weighted by Gasteiger charge is 2.22. The second-order valence-electron chi connectivity index (χ2n) is 8.80. The first-order valence-corrected chi connectivity index (χ1v) is 11.1. The van der Waals surface area contributed by atoms with Gasteiger partial charge in [-0.15, -0.1) is 0 Å². The van der Waals surface area contributed by atoms with E-state index in [4.69, 9.17) is 0 Å². The Morgan fingerprint density at radius 2 is 1.64 bits per heavy atom. The van der Waals surface area contributed by atoms with E-state index in [2.05, 4.69) is 44.2 Å². The quantitative estimate of drug-likeness (QED) is 0.440. The third kappa shape index (κ3) is 5.47. The molecule has 1 aromatic rings. The fraction of sp³-hybridized carbons (Fsp3) is 0.680. The van der Waals surface area contributed by atoms with Gasteiger partial charge < -0.3 is 0 Å². The van der Waals surface area contributed by atoms with Crippen LogP contribution in [-0.2, 0) is 0 Å². The molecule has 2 aliphatic carbocycles. The van der Waals surface area contributed by atoms with Crippen molar-refractivity contribution >= 4 is 5.57 Å². The standard InChI is InChI=1S/C25H38/c1-3-4-5-6-7-21-10-14-23(15-11-21)25-18-16-24(17-19-25)22-12-8-20(2)9-13-22/h12,16-21,23H,3-11,13-15H2,1-2H3/t20?,21-,23-. The highest BCUT2D eigenvalue weighted by atomic mass is 14.3. The van der Waals surface area contributed by atoms with Gasteiger partial charge in [-0.2, -0.15) is 0 Å². The summed E-state index contributed by atoms with van der Waals surface area (Å²) in [6.07, 6.45) is 19.3. The third-order valence-corrected chi connectivity index (χ3v) is 6.74. The van der Waals surface area contributed by atoms with Crippen molar-refractivity contribution in [2.45, 2.75) is 96.8 Å². The Morgan fingerprint density at radius 3 is 2.28 bits per heavy atom. The summed E-state index contributed by atoms with van der Waals surface area (Å²) in [6.45, 7) is 4.68. The maximum atomic E-state index is 2.48. The Hall–Kier alpha value is -1.04. The number of unbranched alkanes of at least 4 members (excludes halogenated alkanes) is 3. The van der Waals surface area contributed by atoms with E-state index in [1.807, 2.05) is 0 Å². The van der Waals surface area contributed by atoms with Crippen LogP contribution in [0.15, 0.2) is 30.3 Å².